The Balaban J connectivity index is 1.62. The Morgan fingerprint density at radius 1 is 1.00 bits per heavy atom. The summed E-state index contributed by atoms with van der Waals surface area (Å²) in [6.45, 7) is 5.82. The monoisotopic (exact) mass is 450 g/mol. The molecule has 4 aromatic rings. The summed E-state index contributed by atoms with van der Waals surface area (Å²) in [6, 6.07) is 17.6. The first-order chi connectivity index (χ1) is 15.4. The van der Waals surface area contributed by atoms with Crippen molar-refractivity contribution >= 4 is 23.5 Å². The highest BCUT2D eigenvalue weighted by Gasteiger charge is 2.23. The molecule has 0 saturated carbocycles. The van der Waals surface area contributed by atoms with Gasteiger partial charge in [-0.05, 0) is 57.2 Å². The van der Waals surface area contributed by atoms with E-state index in [2.05, 4.69) is 20.6 Å². The predicted octanol–water partition coefficient (Wildman–Crippen LogP) is 4.97. The van der Waals surface area contributed by atoms with E-state index in [1.165, 1.54) is 23.9 Å². The topological polar surface area (TPSA) is 77.6 Å². The van der Waals surface area contributed by atoms with Gasteiger partial charge < -0.3 is 5.32 Å². The average Bonchev–Trinajstić information content (AvgIpc) is 3.42. The minimum Gasteiger partial charge on any atom is -0.310 e. The van der Waals surface area contributed by atoms with Crippen LogP contribution in [0.1, 0.15) is 26.8 Å². The molecule has 32 heavy (non-hydrogen) atoms. The molecule has 0 aliphatic heterocycles. The summed E-state index contributed by atoms with van der Waals surface area (Å²) in [7, 11) is 0. The Morgan fingerprint density at radius 3 is 2.41 bits per heavy atom. The van der Waals surface area contributed by atoms with E-state index in [-0.39, 0.29) is 17.8 Å². The van der Waals surface area contributed by atoms with Crippen molar-refractivity contribution in [1.82, 2.24) is 24.5 Å². The minimum absolute atomic E-state index is 0.128. The zero-order chi connectivity index (χ0) is 22.7. The van der Waals surface area contributed by atoms with E-state index < -0.39 is 5.25 Å². The normalized spacial score (nSPS) is 12.2. The molecule has 7 nitrogen and oxygen atoms in total. The van der Waals surface area contributed by atoms with Crippen molar-refractivity contribution in [1.29, 1.82) is 0 Å². The van der Waals surface area contributed by atoms with Gasteiger partial charge in [0, 0.05) is 23.4 Å². The number of anilines is 1. The summed E-state index contributed by atoms with van der Waals surface area (Å²) in [6.07, 6.45) is 1.66. The number of thioether (sulfide) groups is 1. The van der Waals surface area contributed by atoms with Crippen LogP contribution in [-0.2, 0) is 4.79 Å². The lowest BCUT2D eigenvalue weighted by Gasteiger charge is -2.15. The van der Waals surface area contributed by atoms with Crippen molar-refractivity contribution in [2.75, 3.05) is 5.32 Å². The molecular weight excluding hydrogens is 427 g/mol. The zero-order valence-corrected chi connectivity index (χ0v) is 18.8. The SMILES string of the molecule is CC(Sc1nnc(-c2ccc(F)cc2)n1-c1ccccc1)C(=O)Nc1ccnn1C(C)C. The maximum atomic E-state index is 13.4. The molecule has 1 unspecified atom stereocenters. The fourth-order valence-electron chi connectivity index (χ4n) is 3.21. The summed E-state index contributed by atoms with van der Waals surface area (Å²) >= 11 is 1.30. The number of aromatic nitrogens is 5. The van der Waals surface area contributed by atoms with E-state index in [1.807, 2.05) is 55.7 Å². The molecule has 2 heterocycles. The van der Waals surface area contributed by atoms with Gasteiger partial charge in [0.1, 0.15) is 11.6 Å². The third-order valence-electron chi connectivity index (χ3n) is 4.81. The van der Waals surface area contributed by atoms with E-state index in [4.69, 9.17) is 0 Å². The summed E-state index contributed by atoms with van der Waals surface area (Å²) in [5.74, 6) is 0.738. The number of nitrogens with zero attached hydrogens (tertiary/aromatic N) is 5. The predicted molar refractivity (Wildman–Crippen MR) is 123 cm³/mol. The largest absolute Gasteiger partial charge is 0.310 e. The van der Waals surface area contributed by atoms with Crippen LogP contribution in [0.5, 0.6) is 0 Å². The molecule has 0 saturated heterocycles. The molecule has 1 N–H and O–H groups in total. The molecule has 164 valence electrons. The van der Waals surface area contributed by atoms with Crippen LogP contribution < -0.4 is 5.32 Å². The Bertz CT molecular complexity index is 1200. The summed E-state index contributed by atoms with van der Waals surface area (Å²) < 4.78 is 17.1. The molecule has 9 heteroatoms. The number of carbonyl (C=O) groups is 1. The maximum Gasteiger partial charge on any atom is 0.238 e. The Labute approximate surface area is 189 Å². The van der Waals surface area contributed by atoms with Gasteiger partial charge in [-0.15, -0.1) is 10.2 Å². The number of hydrogen-bond acceptors (Lipinski definition) is 5. The lowest BCUT2D eigenvalue weighted by Crippen LogP contribution is -2.25. The van der Waals surface area contributed by atoms with Crippen molar-refractivity contribution in [2.45, 2.75) is 37.2 Å². The number of halogens is 1. The van der Waals surface area contributed by atoms with Gasteiger partial charge in [0.15, 0.2) is 11.0 Å². The minimum atomic E-state index is -0.446. The maximum absolute atomic E-state index is 13.4. The molecule has 1 atom stereocenters. The number of rotatable bonds is 7. The van der Waals surface area contributed by atoms with Gasteiger partial charge >= 0.3 is 0 Å². The number of hydrogen-bond donors (Lipinski definition) is 1. The average molecular weight is 451 g/mol. The highest BCUT2D eigenvalue weighted by Crippen LogP contribution is 2.30. The highest BCUT2D eigenvalue weighted by atomic mass is 32.2. The molecule has 2 aromatic heterocycles. The second-order valence-corrected chi connectivity index (χ2v) is 8.80. The third kappa shape index (κ3) is 4.57. The summed E-state index contributed by atoms with van der Waals surface area (Å²) in [4.78, 5) is 12.9. The fraction of sp³-hybridized carbons (Fsp3) is 0.217. The molecule has 1 amide bonds. The van der Waals surface area contributed by atoms with Crippen LogP contribution >= 0.6 is 11.8 Å². The molecule has 0 aliphatic rings. The number of amides is 1. The van der Waals surface area contributed by atoms with Crippen LogP contribution in [0.4, 0.5) is 10.2 Å². The number of benzene rings is 2. The van der Waals surface area contributed by atoms with Crippen LogP contribution in [0.3, 0.4) is 0 Å². The first-order valence-electron chi connectivity index (χ1n) is 10.2. The summed E-state index contributed by atoms with van der Waals surface area (Å²) in [5, 5.41) is 16.0. The second-order valence-electron chi connectivity index (χ2n) is 7.49. The van der Waals surface area contributed by atoms with E-state index >= 15 is 0 Å². The van der Waals surface area contributed by atoms with Crippen molar-refractivity contribution in [3.63, 3.8) is 0 Å². The Morgan fingerprint density at radius 2 is 1.72 bits per heavy atom. The van der Waals surface area contributed by atoms with Crippen molar-refractivity contribution in [2.24, 2.45) is 0 Å². The van der Waals surface area contributed by atoms with Gasteiger partial charge in [-0.2, -0.15) is 5.10 Å². The lowest BCUT2D eigenvalue weighted by molar-refractivity contribution is -0.115. The number of para-hydroxylation sites is 1. The highest BCUT2D eigenvalue weighted by molar-refractivity contribution is 8.00. The van der Waals surface area contributed by atoms with Gasteiger partial charge in [0.2, 0.25) is 5.91 Å². The lowest BCUT2D eigenvalue weighted by atomic mass is 10.2. The first kappa shape index (κ1) is 21.8. The number of nitrogens with one attached hydrogen (secondary N) is 1. The smallest absolute Gasteiger partial charge is 0.238 e. The van der Waals surface area contributed by atoms with Crippen LogP contribution in [-0.4, -0.2) is 35.7 Å². The molecule has 4 rings (SSSR count). The van der Waals surface area contributed by atoms with Gasteiger partial charge in [-0.3, -0.25) is 9.36 Å². The van der Waals surface area contributed by atoms with Gasteiger partial charge in [-0.1, -0.05) is 30.0 Å². The fourth-order valence-corrected chi connectivity index (χ4v) is 4.07. The van der Waals surface area contributed by atoms with Gasteiger partial charge in [-0.25, -0.2) is 9.07 Å². The van der Waals surface area contributed by atoms with E-state index in [0.29, 0.717) is 16.8 Å². The summed E-state index contributed by atoms with van der Waals surface area (Å²) in [5.41, 5.74) is 1.58. The van der Waals surface area contributed by atoms with Crippen LogP contribution in [0.15, 0.2) is 72.0 Å². The van der Waals surface area contributed by atoms with Gasteiger partial charge in [0.05, 0.1) is 11.4 Å². The number of carbonyl (C=O) groups excluding carboxylic acids is 1. The standard InChI is InChI=1S/C23H23FN6OS/c1-15(2)30-20(13-14-25-30)26-22(31)16(3)32-23-28-27-21(17-9-11-18(24)12-10-17)29(23)19-7-5-4-6-8-19/h4-16H,1-3H3,(H,26,31). The zero-order valence-electron chi connectivity index (χ0n) is 17.9. The Kier molecular flexibility index (Phi) is 6.36. The van der Waals surface area contributed by atoms with Crippen molar-refractivity contribution < 1.29 is 9.18 Å². The Hall–Kier alpha value is -3.46. The van der Waals surface area contributed by atoms with E-state index in [9.17, 15) is 9.18 Å². The molecule has 0 bridgehead atoms. The quantitative estimate of drug-likeness (QED) is 0.402. The molecule has 2 aromatic carbocycles. The first-order valence-corrected chi connectivity index (χ1v) is 11.1. The molecule has 0 spiro atoms. The molecule has 0 fully saturated rings. The van der Waals surface area contributed by atoms with Crippen LogP contribution in [0, 0.1) is 5.82 Å². The second kappa shape index (κ2) is 9.35. The molecule has 0 aliphatic carbocycles. The molecule has 0 radical (unpaired) electrons. The third-order valence-corrected chi connectivity index (χ3v) is 5.85. The van der Waals surface area contributed by atoms with Crippen LogP contribution in [0.2, 0.25) is 0 Å². The van der Waals surface area contributed by atoms with Crippen molar-refractivity contribution in [3.05, 3.63) is 72.7 Å². The van der Waals surface area contributed by atoms with Gasteiger partial charge in [0.25, 0.3) is 0 Å². The van der Waals surface area contributed by atoms with Crippen LogP contribution in [0.25, 0.3) is 17.1 Å². The van der Waals surface area contributed by atoms with Crippen molar-refractivity contribution in [3.8, 4) is 17.1 Å². The van der Waals surface area contributed by atoms with E-state index in [1.54, 1.807) is 29.1 Å². The molecular formula is C23H23FN6OS. The van der Waals surface area contributed by atoms with E-state index in [0.717, 1.165) is 11.3 Å².